The summed E-state index contributed by atoms with van der Waals surface area (Å²) in [6.07, 6.45) is 0.718. The van der Waals surface area contributed by atoms with Gasteiger partial charge >= 0.3 is 0 Å². The number of ketones is 1. The van der Waals surface area contributed by atoms with Crippen LogP contribution in [0.2, 0.25) is 0 Å². The van der Waals surface area contributed by atoms with Gasteiger partial charge < -0.3 is 9.84 Å². The van der Waals surface area contributed by atoms with Crippen LogP contribution in [0.4, 0.5) is 0 Å². The Balaban J connectivity index is 2.51. The second-order valence-corrected chi connectivity index (χ2v) is 5.22. The molecule has 0 fully saturated rings. The summed E-state index contributed by atoms with van der Waals surface area (Å²) in [5.74, 6) is 1.23. The summed E-state index contributed by atoms with van der Waals surface area (Å²) in [5, 5.41) is 9.07. The lowest BCUT2D eigenvalue weighted by atomic mass is 10.1. The lowest BCUT2D eigenvalue weighted by molar-refractivity contribution is 0.102. The zero-order valence-corrected chi connectivity index (χ0v) is 11.0. The van der Waals surface area contributed by atoms with E-state index < -0.39 is 0 Å². The van der Waals surface area contributed by atoms with Crippen molar-refractivity contribution in [3.8, 4) is 5.75 Å². The van der Waals surface area contributed by atoms with Crippen molar-refractivity contribution < 1.29 is 14.6 Å². The average Bonchev–Trinajstić information content (AvgIpc) is 2.36. The van der Waals surface area contributed by atoms with E-state index in [2.05, 4.69) is 0 Å². The van der Waals surface area contributed by atoms with Gasteiger partial charge in [0.25, 0.3) is 0 Å². The molecule has 0 aliphatic heterocycles. The van der Waals surface area contributed by atoms with E-state index in [1.165, 1.54) is 0 Å². The van der Waals surface area contributed by atoms with Crippen LogP contribution >= 0.6 is 11.8 Å². The maximum absolute atomic E-state index is 11.9. The van der Waals surface area contributed by atoms with Gasteiger partial charge in [0.05, 0.1) is 12.9 Å². The average molecular weight is 254 g/mol. The molecule has 4 heteroatoms. The molecular weight excluding hydrogens is 236 g/mol. The number of hydrogen-bond acceptors (Lipinski definition) is 4. The van der Waals surface area contributed by atoms with Crippen molar-refractivity contribution >= 4 is 17.5 Å². The van der Waals surface area contributed by atoms with Gasteiger partial charge in [-0.1, -0.05) is 19.1 Å². The molecule has 0 saturated carbocycles. The highest BCUT2D eigenvalue weighted by Gasteiger charge is 2.09. The Morgan fingerprint density at radius 3 is 2.94 bits per heavy atom. The molecule has 0 heterocycles. The van der Waals surface area contributed by atoms with Crippen LogP contribution in [0.25, 0.3) is 0 Å². The molecule has 0 aliphatic rings. The normalized spacial score (nSPS) is 12.2. The highest BCUT2D eigenvalue weighted by Crippen LogP contribution is 2.18. The van der Waals surface area contributed by atoms with Crippen molar-refractivity contribution in [1.29, 1.82) is 0 Å². The van der Waals surface area contributed by atoms with Crippen LogP contribution < -0.4 is 4.74 Å². The van der Waals surface area contributed by atoms with Crippen molar-refractivity contribution in [3.05, 3.63) is 29.8 Å². The third-order valence-corrected chi connectivity index (χ3v) is 3.66. The predicted molar refractivity (Wildman–Crippen MR) is 70.9 cm³/mol. The van der Waals surface area contributed by atoms with Crippen LogP contribution in [0.5, 0.6) is 5.75 Å². The number of Topliss-reactive ketones (excluding diaryl/α,β-unsaturated/α-hetero) is 1. The Labute approximate surface area is 106 Å². The molecule has 1 atom stereocenters. The third-order valence-electron chi connectivity index (χ3n) is 2.43. The largest absolute Gasteiger partial charge is 0.497 e. The second-order valence-electron chi connectivity index (χ2n) is 3.79. The molecule has 0 radical (unpaired) electrons. The Hall–Kier alpha value is -1.00. The zero-order valence-electron chi connectivity index (χ0n) is 10.2. The van der Waals surface area contributed by atoms with Crippen molar-refractivity contribution in [2.24, 2.45) is 0 Å². The maximum atomic E-state index is 11.9. The van der Waals surface area contributed by atoms with Crippen LogP contribution in [0.15, 0.2) is 24.3 Å². The molecule has 1 aromatic carbocycles. The molecular formula is C13H18O3S. The molecule has 1 N–H and O–H groups in total. The fraction of sp³-hybridized carbons (Fsp3) is 0.462. The summed E-state index contributed by atoms with van der Waals surface area (Å²) in [7, 11) is 1.58. The standard InChI is InChI=1S/C13H18O3S/c1-10(6-7-14)17-9-13(15)11-4-3-5-12(8-11)16-2/h3-5,8,10,14H,6-7,9H2,1-2H3. The van der Waals surface area contributed by atoms with Gasteiger partial charge in [0.2, 0.25) is 0 Å². The van der Waals surface area contributed by atoms with Crippen LogP contribution in [0, 0.1) is 0 Å². The number of aliphatic hydroxyl groups is 1. The summed E-state index contributed by atoms with van der Waals surface area (Å²) in [6.45, 7) is 2.18. The van der Waals surface area contributed by atoms with E-state index in [1.54, 1.807) is 31.0 Å². The molecule has 1 rings (SSSR count). The number of ether oxygens (including phenoxy) is 1. The van der Waals surface area contributed by atoms with Crippen molar-refractivity contribution in [3.63, 3.8) is 0 Å². The SMILES string of the molecule is COc1cccc(C(=O)CSC(C)CCO)c1. The number of hydrogen-bond donors (Lipinski definition) is 1. The van der Waals surface area contributed by atoms with Crippen molar-refractivity contribution in [2.45, 2.75) is 18.6 Å². The molecule has 1 unspecified atom stereocenters. The van der Waals surface area contributed by atoms with Crippen LogP contribution in [-0.2, 0) is 0 Å². The summed E-state index contributed by atoms with van der Waals surface area (Å²) in [4.78, 5) is 11.9. The summed E-state index contributed by atoms with van der Waals surface area (Å²) < 4.78 is 5.08. The van der Waals surface area contributed by atoms with Gasteiger partial charge in [0, 0.05) is 17.4 Å². The van der Waals surface area contributed by atoms with Crippen LogP contribution in [-0.4, -0.2) is 35.6 Å². The Bertz CT molecular complexity index is 365. The molecule has 3 nitrogen and oxygen atoms in total. The van der Waals surface area contributed by atoms with E-state index in [9.17, 15) is 4.79 Å². The number of carbonyl (C=O) groups excluding carboxylic acids is 1. The van der Waals surface area contributed by atoms with E-state index in [4.69, 9.17) is 9.84 Å². The minimum Gasteiger partial charge on any atom is -0.497 e. The number of benzene rings is 1. The van der Waals surface area contributed by atoms with Crippen LogP contribution in [0.1, 0.15) is 23.7 Å². The predicted octanol–water partition coefficient (Wildman–Crippen LogP) is 2.38. The van der Waals surface area contributed by atoms with Gasteiger partial charge in [0.15, 0.2) is 5.78 Å². The topological polar surface area (TPSA) is 46.5 Å². The number of aliphatic hydroxyl groups excluding tert-OH is 1. The summed E-state index contributed by atoms with van der Waals surface area (Å²) >= 11 is 1.57. The highest BCUT2D eigenvalue weighted by atomic mass is 32.2. The smallest absolute Gasteiger partial charge is 0.172 e. The first-order valence-corrected chi connectivity index (χ1v) is 6.62. The fourth-order valence-corrected chi connectivity index (χ4v) is 2.24. The van der Waals surface area contributed by atoms with E-state index in [0.29, 0.717) is 22.3 Å². The Morgan fingerprint density at radius 1 is 1.53 bits per heavy atom. The van der Waals surface area contributed by atoms with Gasteiger partial charge in [-0.05, 0) is 18.6 Å². The molecule has 0 aromatic heterocycles. The molecule has 17 heavy (non-hydrogen) atoms. The van der Waals surface area contributed by atoms with Gasteiger partial charge in [-0.3, -0.25) is 4.79 Å². The Kier molecular flexibility index (Phi) is 6.08. The van der Waals surface area contributed by atoms with Crippen LogP contribution in [0.3, 0.4) is 0 Å². The molecule has 0 amide bonds. The molecule has 0 spiro atoms. The van der Waals surface area contributed by atoms with Gasteiger partial charge in [-0.2, -0.15) is 11.8 Å². The van der Waals surface area contributed by atoms with E-state index in [1.807, 2.05) is 19.1 Å². The first-order chi connectivity index (χ1) is 8.17. The molecule has 94 valence electrons. The van der Waals surface area contributed by atoms with Crippen molar-refractivity contribution in [1.82, 2.24) is 0 Å². The minimum absolute atomic E-state index is 0.0960. The number of carbonyl (C=O) groups is 1. The summed E-state index contributed by atoms with van der Waals surface area (Å²) in [5.41, 5.74) is 0.674. The minimum atomic E-state index is 0.0960. The first-order valence-electron chi connectivity index (χ1n) is 5.57. The van der Waals surface area contributed by atoms with E-state index in [-0.39, 0.29) is 12.4 Å². The number of rotatable bonds is 7. The van der Waals surface area contributed by atoms with Gasteiger partial charge in [-0.25, -0.2) is 0 Å². The fourth-order valence-electron chi connectivity index (χ4n) is 1.36. The number of methoxy groups -OCH3 is 1. The van der Waals surface area contributed by atoms with E-state index in [0.717, 1.165) is 6.42 Å². The lowest BCUT2D eigenvalue weighted by Crippen LogP contribution is -2.07. The molecule has 0 saturated heterocycles. The molecule has 0 bridgehead atoms. The lowest BCUT2D eigenvalue weighted by Gasteiger charge is -2.09. The quantitative estimate of drug-likeness (QED) is 0.759. The van der Waals surface area contributed by atoms with Gasteiger partial charge in [-0.15, -0.1) is 0 Å². The molecule has 1 aromatic rings. The zero-order chi connectivity index (χ0) is 12.7. The highest BCUT2D eigenvalue weighted by molar-refractivity contribution is 8.00. The second kappa shape index (κ2) is 7.35. The monoisotopic (exact) mass is 254 g/mol. The number of thioether (sulfide) groups is 1. The Morgan fingerprint density at radius 2 is 2.29 bits per heavy atom. The molecule has 0 aliphatic carbocycles. The van der Waals surface area contributed by atoms with Gasteiger partial charge in [0.1, 0.15) is 5.75 Å². The first kappa shape index (κ1) is 14.1. The summed E-state index contributed by atoms with van der Waals surface area (Å²) in [6, 6.07) is 7.17. The van der Waals surface area contributed by atoms with Crippen molar-refractivity contribution in [2.75, 3.05) is 19.5 Å². The third kappa shape index (κ3) is 4.79. The van der Waals surface area contributed by atoms with E-state index >= 15 is 0 Å². The maximum Gasteiger partial charge on any atom is 0.172 e.